The minimum Gasteiger partial charge on any atom is -0.450 e. The van der Waals surface area contributed by atoms with Crippen LogP contribution < -0.4 is 11.5 Å². The summed E-state index contributed by atoms with van der Waals surface area (Å²) < 4.78 is 9.64. The first-order valence-corrected chi connectivity index (χ1v) is 10.2. The molecule has 4 N–H and O–H groups in total. The molecule has 2 amide bonds. The van der Waals surface area contributed by atoms with E-state index in [1.165, 1.54) is 0 Å². The Bertz CT molecular complexity index is 658. The summed E-state index contributed by atoms with van der Waals surface area (Å²) in [6.07, 6.45) is 2.74. The summed E-state index contributed by atoms with van der Waals surface area (Å²) >= 11 is 0. The highest BCUT2D eigenvalue weighted by atomic mass is 16.6. The van der Waals surface area contributed by atoms with Crippen LogP contribution >= 0.6 is 0 Å². The molecular formula is C21H36N2O6. The molecule has 2 saturated carbocycles. The summed E-state index contributed by atoms with van der Waals surface area (Å²) in [6.45, 7) is 12.0. The Morgan fingerprint density at radius 2 is 1.72 bits per heavy atom. The molecule has 2 aliphatic rings. The van der Waals surface area contributed by atoms with E-state index < -0.39 is 17.8 Å². The van der Waals surface area contributed by atoms with Crippen molar-refractivity contribution in [3.8, 4) is 0 Å². The number of ether oxygens (including phenoxy) is 2. The number of rotatable bonds is 7. The molecule has 8 nitrogen and oxygen atoms in total. The highest BCUT2D eigenvalue weighted by molar-refractivity contribution is 6.43. The fraction of sp³-hybridized carbons (Fsp3) is 0.810. The van der Waals surface area contributed by atoms with E-state index in [2.05, 4.69) is 4.74 Å². The molecular weight excluding hydrogens is 376 g/mol. The average molecular weight is 413 g/mol. The molecule has 0 aromatic heterocycles. The van der Waals surface area contributed by atoms with Gasteiger partial charge in [0.2, 0.25) is 11.6 Å². The van der Waals surface area contributed by atoms with Crippen molar-refractivity contribution < 1.29 is 28.7 Å². The van der Waals surface area contributed by atoms with Crippen LogP contribution in [0.1, 0.15) is 73.6 Å². The molecule has 0 spiro atoms. The third-order valence-corrected chi connectivity index (χ3v) is 7.09. The zero-order chi connectivity index (χ0) is 22.6. The lowest BCUT2D eigenvalue weighted by atomic mass is 9.70. The molecule has 2 bridgehead atoms. The zero-order valence-electron chi connectivity index (χ0n) is 18.5. The zero-order valence-corrected chi connectivity index (χ0v) is 18.5. The summed E-state index contributed by atoms with van der Waals surface area (Å²) in [6, 6.07) is 0. The Balaban J connectivity index is 0.000000304. The maximum Gasteiger partial charge on any atom is 0.405 e. The van der Waals surface area contributed by atoms with Crippen LogP contribution in [-0.2, 0) is 19.1 Å². The predicted octanol–water partition coefficient (Wildman–Crippen LogP) is 3.34. The minimum absolute atomic E-state index is 0.00926. The highest BCUT2D eigenvalue weighted by Gasteiger charge is 2.66. The van der Waals surface area contributed by atoms with Crippen LogP contribution in [0, 0.1) is 22.7 Å². The predicted molar refractivity (Wildman–Crippen MR) is 108 cm³/mol. The largest absolute Gasteiger partial charge is 0.450 e. The van der Waals surface area contributed by atoms with Gasteiger partial charge in [0.1, 0.15) is 5.60 Å². The molecule has 0 aromatic rings. The van der Waals surface area contributed by atoms with E-state index in [0.717, 1.165) is 32.1 Å². The van der Waals surface area contributed by atoms with Gasteiger partial charge in [0.05, 0.1) is 6.61 Å². The van der Waals surface area contributed by atoms with Gasteiger partial charge in [-0.2, -0.15) is 0 Å². The molecule has 0 heterocycles. The smallest absolute Gasteiger partial charge is 0.405 e. The van der Waals surface area contributed by atoms with E-state index in [4.69, 9.17) is 16.2 Å². The Labute approximate surface area is 173 Å². The van der Waals surface area contributed by atoms with Gasteiger partial charge in [-0.05, 0) is 57.3 Å². The summed E-state index contributed by atoms with van der Waals surface area (Å²) in [5, 5.41) is 0. The average Bonchev–Trinajstić information content (AvgIpc) is 2.88. The molecule has 0 radical (unpaired) electrons. The number of hydrogen-bond donors (Lipinski definition) is 2. The third-order valence-electron chi connectivity index (χ3n) is 7.09. The SMILES string of the molecule is CC(CCCCOC(N)=O)C(C)(C)OC(N)=O.CC12CCC(C(=O)C1=O)C2(C)C. The lowest BCUT2D eigenvalue weighted by Crippen LogP contribution is -2.37. The second-order valence-electron chi connectivity index (χ2n) is 9.43. The van der Waals surface area contributed by atoms with Gasteiger partial charge in [0, 0.05) is 11.3 Å². The van der Waals surface area contributed by atoms with Crippen LogP contribution in [0.2, 0.25) is 0 Å². The van der Waals surface area contributed by atoms with Crippen molar-refractivity contribution in [2.75, 3.05) is 6.61 Å². The van der Waals surface area contributed by atoms with Crippen molar-refractivity contribution in [2.45, 2.75) is 79.2 Å². The molecule has 166 valence electrons. The fourth-order valence-corrected chi connectivity index (χ4v) is 4.23. The van der Waals surface area contributed by atoms with Gasteiger partial charge in [0.25, 0.3) is 0 Å². The number of fused-ring (bicyclic) bond motifs is 2. The van der Waals surface area contributed by atoms with Gasteiger partial charge in [0.15, 0.2) is 0 Å². The van der Waals surface area contributed by atoms with Crippen LogP contribution in [0.4, 0.5) is 9.59 Å². The van der Waals surface area contributed by atoms with Crippen molar-refractivity contribution in [2.24, 2.45) is 34.1 Å². The molecule has 29 heavy (non-hydrogen) atoms. The molecule has 3 unspecified atom stereocenters. The van der Waals surface area contributed by atoms with Crippen LogP contribution in [0.15, 0.2) is 0 Å². The first kappa shape index (κ1) is 24.9. The van der Waals surface area contributed by atoms with Crippen molar-refractivity contribution in [1.29, 1.82) is 0 Å². The maximum absolute atomic E-state index is 11.6. The quantitative estimate of drug-likeness (QED) is 0.485. The summed E-state index contributed by atoms with van der Waals surface area (Å²) in [5.74, 6) is -0.0592. The van der Waals surface area contributed by atoms with E-state index in [1.807, 2.05) is 41.5 Å². The number of carbonyl (C=O) groups excluding carboxylic acids is 4. The molecule has 2 aliphatic carbocycles. The topological polar surface area (TPSA) is 139 Å². The van der Waals surface area contributed by atoms with E-state index in [1.54, 1.807) is 0 Å². The number of hydrogen-bond acceptors (Lipinski definition) is 6. The molecule has 0 aromatic carbocycles. The maximum atomic E-state index is 11.6. The van der Waals surface area contributed by atoms with Gasteiger partial charge in [-0.25, -0.2) is 9.59 Å². The lowest BCUT2D eigenvalue weighted by molar-refractivity contribution is -0.141. The number of nitrogens with two attached hydrogens (primary N) is 2. The number of carbonyl (C=O) groups is 4. The van der Waals surface area contributed by atoms with E-state index in [0.29, 0.717) is 6.61 Å². The first-order chi connectivity index (χ1) is 13.2. The van der Waals surface area contributed by atoms with Crippen molar-refractivity contribution >= 4 is 23.8 Å². The van der Waals surface area contributed by atoms with Crippen molar-refractivity contribution in [1.82, 2.24) is 0 Å². The Hall–Kier alpha value is -2.12. The monoisotopic (exact) mass is 412 g/mol. The van der Waals surface area contributed by atoms with E-state index >= 15 is 0 Å². The van der Waals surface area contributed by atoms with Crippen LogP contribution in [-0.4, -0.2) is 36.0 Å². The Morgan fingerprint density at radius 3 is 2.10 bits per heavy atom. The summed E-state index contributed by atoms with van der Waals surface area (Å²) in [5.41, 5.74) is 8.78. The minimum atomic E-state index is -0.765. The Kier molecular flexibility index (Phi) is 7.85. The van der Waals surface area contributed by atoms with Crippen molar-refractivity contribution in [3.05, 3.63) is 0 Å². The van der Waals surface area contributed by atoms with Gasteiger partial charge in [-0.3, -0.25) is 9.59 Å². The van der Waals surface area contributed by atoms with Gasteiger partial charge in [-0.15, -0.1) is 0 Å². The van der Waals surface area contributed by atoms with Crippen LogP contribution in [0.25, 0.3) is 0 Å². The number of ketones is 2. The molecule has 3 atom stereocenters. The van der Waals surface area contributed by atoms with E-state index in [-0.39, 0.29) is 34.2 Å². The van der Waals surface area contributed by atoms with Crippen LogP contribution in [0.5, 0.6) is 0 Å². The Morgan fingerprint density at radius 1 is 1.14 bits per heavy atom. The standard InChI is InChI=1S/C11H22N2O4.C10H14O2/c1-8(11(2,3)17-10(13)15)6-4-5-7-16-9(12)14;1-9(2)6-4-5-10(9,3)8(12)7(6)11/h8H,4-7H2,1-3H3,(H2,12,14)(H2,13,15);6H,4-5H2,1-3H3. The number of amides is 2. The molecule has 2 rings (SSSR count). The van der Waals surface area contributed by atoms with Crippen LogP contribution in [0.3, 0.4) is 0 Å². The normalized spacial score (nSPS) is 25.8. The molecule has 0 aliphatic heterocycles. The molecule has 0 saturated heterocycles. The fourth-order valence-electron chi connectivity index (χ4n) is 4.23. The first-order valence-electron chi connectivity index (χ1n) is 10.2. The van der Waals surface area contributed by atoms with Crippen molar-refractivity contribution in [3.63, 3.8) is 0 Å². The van der Waals surface area contributed by atoms with Gasteiger partial charge >= 0.3 is 12.2 Å². The second kappa shape index (κ2) is 9.13. The molecule has 2 fully saturated rings. The number of unbranched alkanes of at least 4 members (excludes halogenated alkanes) is 1. The highest BCUT2D eigenvalue weighted by Crippen LogP contribution is 2.61. The second-order valence-corrected chi connectivity index (χ2v) is 9.43. The third kappa shape index (κ3) is 5.48. The van der Waals surface area contributed by atoms with E-state index in [9.17, 15) is 19.2 Å². The summed E-state index contributed by atoms with van der Waals surface area (Å²) in [7, 11) is 0. The van der Waals surface area contributed by atoms with Gasteiger partial charge < -0.3 is 20.9 Å². The number of primary amides is 2. The molecule has 8 heteroatoms. The lowest BCUT2D eigenvalue weighted by Gasteiger charge is -2.31. The number of Topliss-reactive ketones (excluding diaryl/α,β-unsaturated/α-hetero) is 2. The van der Waals surface area contributed by atoms with Gasteiger partial charge in [-0.1, -0.05) is 27.7 Å². The summed E-state index contributed by atoms with van der Waals surface area (Å²) in [4.78, 5) is 44.0.